The molecule has 0 bridgehead atoms. The molecule has 0 unspecified atom stereocenters. The average molecular weight is 247 g/mol. The molecule has 1 aromatic rings. The zero-order valence-corrected chi connectivity index (χ0v) is 10.4. The molecule has 18 heavy (non-hydrogen) atoms. The van der Waals surface area contributed by atoms with Gasteiger partial charge in [-0.3, -0.25) is 4.99 Å². The predicted molar refractivity (Wildman–Crippen MR) is 67.1 cm³/mol. The lowest BCUT2D eigenvalue weighted by molar-refractivity contribution is -0.132. The van der Waals surface area contributed by atoms with Gasteiger partial charge in [0.2, 0.25) is 0 Å². The first-order valence-corrected chi connectivity index (χ1v) is 5.68. The number of nitrogens with zero attached hydrogens (tertiary/aromatic N) is 1. The topological polar surface area (TPSA) is 38.7 Å². The molecule has 0 amide bonds. The van der Waals surface area contributed by atoms with Crippen LogP contribution >= 0.6 is 0 Å². The zero-order chi connectivity index (χ0) is 13.1. The maximum Gasteiger partial charge on any atom is 0.356 e. The maximum atomic E-state index is 12.8. The highest BCUT2D eigenvalue weighted by molar-refractivity contribution is 6.44. The van der Waals surface area contributed by atoms with Crippen LogP contribution in [0.3, 0.4) is 0 Å². The molecule has 0 N–H and O–H groups in total. The highest BCUT2D eigenvalue weighted by atomic mass is 19.1. The van der Waals surface area contributed by atoms with Crippen molar-refractivity contribution in [1.29, 1.82) is 0 Å². The summed E-state index contributed by atoms with van der Waals surface area (Å²) in [6.07, 6.45) is 0.569. The molecule has 0 saturated carbocycles. The molecule has 0 saturated heterocycles. The molecule has 0 radical (unpaired) electrons. The van der Waals surface area contributed by atoms with Crippen LogP contribution in [0.4, 0.5) is 4.39 Å². The molecule has 0 aromatic heterocycles. The number of benzene rings is 1. The summed E-state index contributed by atoms with van der Waals surface area (Å²) in [4.78, 5) is 15.7. The van der Waals surface area contributed by atoms with Gasteiger partial charge in [0.1, 0.15) is 11.5 Å². The van der Waals surface area contributed by atoms with E-state index in [9.17, 15) is 9.18 Å². The van der Waals surface area contributed by atoms with Crippen LogP contribution in [-0.2, 0) is 16.0 Å². The maximum absolute atomic E-state index is 12.8. The standard InChI is InChI=1S/C14H14FNO2/c1-9-8-16-13(14(17)18-2)12(9)7-10-3-5-11(15)6-4-10/h3-6H,7-8H2,1-2H3. The van der Waals surface area contributed by atoms with Crippen LogP contribution in [-0.4, -0.2) is 25.3 Å². The highest BCUT2D eigenvalue weighted by Crippen LogP contribution is 2.20. The number of methoxy groups -OCH3 is 1. The van der Waals surface area contributed by atoms with Gasteiger partial charge in [-0.25, -0.2) is 9.18 Å². The fraction of sp³-hybridized carbons (Fsp3) is 0.286. The molecule has 4 heteroatoms. The minimum Gasteiger partial charge on any atom is -0.464 e. The predicted octanol–water partition coefficient (Wildman–Crippen LogP) is 2.31. The van der Waals surface area contributed by atoms with Gasteiger partial charge in [-0.15, -0.1) is 0 Å². The lowest BCUT2D eigenvalue weighted by Gasteiger charge is -2.07. The summed E-state index contributed by atoms with van der Waals surface area (Å²) in [6, 6.07) is 6.25. The van der Waals surface area contributed by atoms with Crippen molar-refractivity contribution >= 4 is 11.7 Å². The molecular weight excluding hydrogens is 233 g/mol. The van der Waals surface area contributed by atoms with Gasteiger partial charge in [-0.1, -0.05) is 12.1 Å². The summed E-state index contributed by atoms with van der Waals surface area (Å²) in [6.45, 7) is 2.47. The Labute approximate surface area is 105 Å². The van der Waals surface area contributed by atoms with Crippen LogP contribution in [0.15, 0.2) is 40.4 Å². The van der Waals surface area contributed by atoms with E-state index in [0.717, 1.165) is 16.7 Å². The van der Waals surface area contributed by atoms with Crippen molar-refractivity contribution in [2.45, 2.75) is 13.3 Å². The lowest BCUT2D eigenvalue weighted by atomic mass is 9.98. The number of carbonyl (C=O) groups is 1. The Balaban J connectivity index is 2.22. The third kappa shape index (κ3) is 2.47. The Hall–Kier alpha value is -1.97. The molecule has 0 fully saturated rings. The molecular formula is C14H14FNO2. The molecule has 0 atom stereocenters. The molecule has 1 aliphatic heterocycles. The molecule has 3 nitrogen and oxygen atoms in total. The summed E-state index contributed by atoms with van der Waals surface area (Å²) in [5, 5.41) is 0. The number of hydrogen-bond acceptors (Lipinski definition) is 3. The molecule has 2 rings (SSSR count). The van der Waals surface area contributed by atoms with Crippen LogP contribution in [0, 0.1) is 5.82 Å². The Kier molecular flexibility index (Phi) is 3.55. The molecule has 94 valence electrons. The second kappa shape index (κ2) is 5.12. The molecule has 1 aliphatic rings. The van der Waals surface area contributed by atoms with Crippen molar-refractivity contribution in [3.8, 4) is 0 Å². The van der Waals surface area contributed by atoms with Gasteiger partial charge in [-0.05, 0) is 42.2 Å². The number of rotatable bonds is 3. The number of hydrogen-bond donors (Lipinski definition) is 0. The van der Waals surface area contributed by atoms with Crippen molar-refractivity contribution in [1.82, 2.24) is 0 Å². The van der Waals surface area contributed by atoms with E-state index in [2.05, 4.69) is 4.99 Å². The third-order valence-corrected chi connectivity index (χ3v) is 2.95. The summed E-state index contributed by atoms with van der Waals surface area (Å²) >= 11 is 0. The second-order valence-corrected chi connectivity index (χ2v) is 4.22. The van der Waals surface area contributed by atoms with Crippen molar-refractivity contribution in [2.24, 2.45) is 4.99 Å². The van der Waals surface area contributed by atoms with E-state index in [1.54, 1.807) is 12.1 Å². The fourth-order valence-electron chi connectivity index (χ4n) is 1.92. The first-order chi connectivity index (χ1) is 8.61. The van der Waals surface area contributed by atoms with E-state index in [0.29, 0.717) is 18.7 Å². The number of esters is 1. The first-order valence-electron chi connectivity index (χ1n) is 5.68. The average Bonchev–Trinajstić information content (AvgIpc) is 2.73. The molecule has 0 aliphatic carbocycles. The number of aliphatic imine (C=N–C) groups is 1. The Morgan fingerprint density at radius 2 is 2.06 bits per heavy atom. The molecule has 0 spiro atoms. The van der Waals surface area contributed by atoms with E-state index in [1.807, 2.05) is 6.92 Å². The Bertz CT molecular complexity index is 529. The highest BCUT2D eigenvalue weighted by Gasteiger charge is 2.23. The normalized spacial score (nSPS) is 14.7. The number of carbonyl (C=O) groups excluding carboxylic acids is 1. The Morgan fingerprint density at radius 3 is 2.67 bits per heavy atom. The zero-order valence-electron chi connectivity index (χ0n) is 10.4. The lowest BCUT2D eigenvalue weighted by Crippen LogP contribution is -2.18. The number of halogens is 1. The molecule has 1 heterocycles. The van der Waals surface area contributed by atoms with E-state index in [1.165, 1.54) is 19.2 Å². The smallest absolute Gasteiger partial charge is 0.356 e. The van der Waals surface area contributed by atoms with Gasteiger partial charge in [-0.2, -0.15) is 0 Å². The second-order valence-electron chi connectivity index (χ2n) is 4.22. The summed E-state index contributed by atoms with van der Waals surface area (Å²) < 4.78 is 17.5. The number of ether oxygens (including phenoxy) is 1. The van der Waals surface area contributed by atoms with Crippen molar-refractivity contribution in [2.75, 3.05) is 13.7 Å². The quantitative estimate of drug-likeness (QED) is 0.769. The monoisotopic (exact) mass is 247 g/mol. The summed E-state index contributed by atoms with van der Waals surface area (Å²) in [7, 11) is 1.34. The van der Waals surface area contributed by atoms with Gasteiger partial charge in [0.15, 0.2) is 0 Å². The SMILES string of the molecule is COC(=O)C1=NCC(C)=C1Cc1ccc(F)cc1. The van der Waals surface area contributed by atoms with Gasteiger partial charge < -0.3 is 4.74 Å². The van der Waals surface area contributed by atoms with E-state index >= 15 is 0 Å². The Morgan fingerprint density at radius 1 is 1.39 bits per heavy atom. The van der Waals surface area contributed by atoms with Crippen molar-refractivity contribution < 1.29 is 13.9 Å². The summed E-state index contributed by atoms with van der Waals surface area (Å²) in [5.41, 5.74) is 3.27. The van der Waals surface area contributed by atoms with Crippen molar-refractivity contribution in [3.05, 3.63) is 46.8 Å². The van der Waals surface area contributed by atoms with E-state index in [4.69, 9.17) is 4.74 Å². The van der Waals surface area contributed by atoms with Crippen LogP contribution in [0.2, 0.25) is 0 Å². The van der Waals surface area contributed by atoms with Gasteiger partial charge in [0, 0.05) is 0 Å². The van der Waals surface area contributed by atoms with Gasteiger partial charge in [0.25, 0.3) is 0 Å². The van der Waals surface area contributed by atoms with E-state index < -0.39 is 5.97 Å². The van der Waals surface area contributed by atoms with Gasteiger partial charge in [0.05, 0.1) is 13.7 Å². The van der Waals surface area contributed by atoms with Crippen LogP contribution in [0.25, 0.3) is 0 Å². The third-order valence-electron chi connectivity index (χ3n) is 2.95. The minimum atomic E-state index is -0.413. The van der Waals surface area contributed by atoms with Crippen LogP contribution in [0.1, 0.15) is 12.5 Å². The first kappa shape index (κ1) is 12.5. The largest absolute Gasteiger partial charge is 0.464 e. The van der Waals surface area contributed by atoms with Crippen LogP contribution < -0.4 is 0 Å². The van der Waals surface area contributed by atoms with E-state index in [-0.39, 0.29) is 5.82 Å². The minimum absolute atomic E-state index is 0.266. The van der Waals surface area contributed by atoms with Gasteiger partial charge >= 0.3 is 5.97 Å². The fourth-order valence-corrected chi connectivity index (χ4v) is 1.92. The summed E-state index contributed by atoms with van der Waals surface area (Å²) in [5.74, 6) is -0.679. The van der Waals surface area contributed by atoms with Crippen molar-refractivity contribution in [3.63, 3.8) is 0 Å². The van der Waals surface area contributed by atoms with Crippen LogP contribution in [0.5, 0.6) is 0 Å². The molecule has 1 aromatic carbocycles.